The zero-order valence-corrected chi connectivity index (χ0v) is 21.9. The summed E-state index contributed by atoms with van der Waals surface area (Å²) in [5, 5.41) is 16.0. The van der Waals surface area contributed by atoms with Crippen molar-refractivity contribution in [1.29, 1.82) is 0 Å². The number of nitrogens with one attached hydrogen (secondary N) is 1. The van der Waals surface area contributed by atoms with E-state index in [4.69, 9.17) is 4.98 Å². The lowest BCUT2D eigenvalue weighted by Crippen LogP contribution is -2.22. The first-order valence-electron chi connectivity index (χ1n) is 13.0. The van der Waals surface area contributed by atoms with Crippen LogP contribution in [0.25, 0.3) is 39.6 Å². The molecular formula is C29H28F2N8. The molecule has 0 unspecified atom stereocenters. The Hall–Kier alpha value is -4.31. The summed E-state index contributed by atoms with van der Waals surface area (Å²) in [6.07, 6.45) is 7.05. The maximum atomic E-state index is 14.8. The molecule has 1 N–H and O–H groups in total. The van der Waals surface area contributed by atoms with E-state index in [2.05, 4.69) is 25.6 Å². The second kappa shape index (κ2) is 10.1. The van der Waals surface area contributed by atoms with Crippen LogP contribution in [0.1, 0.15) is 44.0 Å². The van der Waals surface area contributed by atoms with Crippen LogP contribution in [0, 0.1) is 11.6 Å². The van der Waals surface area contributed by atoms with E-state index in [-0.39, 0.29) is 17.6 Å². The molecule has 0 saturated heterocycles. The monoisotopic (exact) mass is 526 g/mol. The Bertz CT molecular complexity index is 1650. The van der Waals surface area contributed by atoms with Gasteiger partial charge in [-0.2, -0.15) is 5.10 Å². The van der Waals surface area contributed by atoms with Gasteiger partial charge in [0.25, 0.3) is 0 Å². The topological polar surface area (TPSA) is 86.3 Å². The van der Waals surface area contributed by atoms with Gasteiger partial charge in [0, 0.05) is 48.6 Å². The maximum Gasteiger partial charge on any atom is 0.164 e. The van der Waals surface area contributed by atoms with Crippen molar-refractivity contribution in [2.75, 3.05) is 0 Å². The van der Waals surface area contributed by atoms with Gasteiger partial charge in [0.15, 0.2) is 11.6 Å². The highest BCUT2D eigenvalue weighted by molar-refractivity contribution is 5.81. The summed E-state index contributed by atoms with van der Waals surface area (Å²) >= 11 is 0. The molecule has 1 aliphatic carbocycles. The third kappa shape index (κ3) is 5.20. The molecule has 0 radical (unpaired) electrons. The number of halogens is 2. The van der Waals surface area contributed by atoms with Gasteiger partial charge in [-0.15, -0.1) is 10.2 Å². The molecule has 39 heavy (non-hydrogen) atoms. The quantitative estimate of drug-likeness (QED) is 0.290. The van der Waals surface area contributed by atoms with Crippen molar-refractivity contribution in [2.24, 2.45) is 7.05 Å². The Morgan fingerprint density at radius 1 is 1.00 bits per heavy atom. The van der Waals surface area contributed by atoms with Crippen LogP contribution in [-0.4, -0.2) is 40.6 Å². The fraction of sp³-hybridized carbons (Fsp3) is 0.276. The van der Waals surface area contributed by atoms with E-state index in [0.717, 1.165) is 35.4 Å². The van der Waals surface area contributed by atoms with Crippen molar-refractivity contribution in [3.63, 3.8) is 0 Å². The molecule has 1 aliphatic rings. The SMILES string of the molecule is CC(C)NCc1ccc(F)c(-c2cnn(-c3cc(-c4ccc(F)cc4-c4nncn4C)cc(C4CC4)n3)c2)n1. The van der Waals surface area contributed by atoms with Crippen molar-refractivity contribution in [2.45, 2.75) is 45.2 Å². The lowest BCUT2D eigenvalue weighted by molar-refractivity contribution is 0.577. The molecule has 0 spiro atoms. The van der Waals surface area contributed by atoms with Gasteiger partial charge in [0.1, 0.15) is 23.7 Å². The number of benzene rings is 1. The van der Waals surface area contributed by atoms with Crippen molar-refractivity contribution in [1.82, 2.24) is 39.8 Å². The molecule has 1 aromatic carbocycles. The molecule has 1 fully saturated rings. The Kier molecular flexibility index (Phi) is 6.48. The molecule has 10 heteroatoms. The van der Waals surface area contributed by atoms with Gasteiger partial charge >= 0.3 is 0 Å². The zero-order chi connectivity index (χ0) is 27.1. The number of aromatic nitrogens is 7. The maximum absolute atomic E-state index is 14.8. The minimum Gasteiger partial charge on any atom is -0.317 e. The van der Waals surface area contributed by atoms with E-state index in [1.807, 2.05) is 33.0 Å². The van der Waals surface area contributed by atoms with E-state index in [9.17, 15) is 8.78 Å². The molecule has 198 valence electrons. The van der Waals surface area contributed by atoms with Crippen LogP contribution in [-0.2, 0) is 13.6 Å². The standard InChI is InChI=1S/C29H28F2N8/c1-17(2)32-14-22-7-9-25(31)28(35-22)20-13-34-39(15-20)27-11-19(10-26(36-27)18-4-5-18)23-8-6-21(30)12-24(23)29-37-33-16-38(29)3/h6-13,15-18,32H,4-5,14H2,1-3H3. The van der Waals surface area contributed by atoms with Gasteiger partial charge in [0.2, 0.25) is 0 Å². The minimum atomic E-state index is -0.414. The number of rotatable bonds is 8. The largest absolute Gasteiger partial charge is 0.317 e. The average molecular weight is 527 g/mol. The first-order chi connectivity index (χ1) is 18.9. The van der Waals surface area contributed by atoms with Crippen molar-refractivity contribution in [3.8, 4) is 39.6 Å². The third-order valence-corrected chi connectivity index (χ3v) is 6.76. The van der Waals surface area contributed by atoms with Crippen molar-refractivity contribution < 1.29 is 8.78 Å². The van der Waals surface area contributed by atoms with Crippen LogP contribution in [0.2, 0.25) is 0 Å². The van der Waals surface area contributed by atoms with Crippen LogP contribution in [0.5, 0.6) is 0 Å². The Balaban J connectivity index is 1.41. The van der Waals surface area contributed by atoms with Gasteiger partial charge in [-0.3, -0.25) is 0 Å². The predicted molar refractivity (Wildman–Crippen MR) is 144 cm³/mol. The fourth-order valence-electron chi connectivity index (χ4n) is 4.54. The van der Waals surface area contributed by atoms with Crippen LogP contribution < -0.4 is 5.32 Å². The van der Waals surface area contributed by atoms with Crippen LogP contribution in [0.15, 0.2) is 61.2 Å². The molecule has 1 saturated carbocycles. The summed E-state index contributed by atoms with van der Waals surface area (Å²) < 4.78 is 32.5. The van der Waals surface area contributed by atoms with E-state index in [1.54, 1.807) is 40.1 Å². The normalized spacial score (nSPS) is 13.4. The van der Waals surface area contributed by atoms with Crippen LogP contribution in [0.3, 0.4) is 0 Å². The predicted octanol–water partition coefficient (Wildman–Crippen LogP) is 5.45. The summed E-state index contributed by atoms with van der Waals surface area (Å²) in [5.41, 5.74) is 4.79. The second-order valence-electron chi connectivity index (χ2n) is 10.2. The number of nitrogens with zero attached hydrogens (tertiary/aromatic N) is 7. The number of hydrogen-bond acceptors (Lipinski definition) is 6. The summed E-state index contributed by atoms with van der Waals surface area (Å²) in [7, 11) is 1.82. The van der Waals surface area contributed by atoms with Crippen LogP contribution in [0.4, 0.5) is 8.78 Å². The van der Waals surface area contributed by atoms with Gasteiger partial charge in [-0.05, 0) is 60.4 Å². The smallest absolute Gasteiger partial charge is 0.164 e. The Morgan fingerprint density at radius 3 is 2.59 bits per heavy atom. The summed E-state index contributed by atoms with van der Waals surface area (Å²) in [6, 6.07) is 12.0. The van der Waals surface area contributed by atoms with Gasteiger partial charge in [-0.1, -0.05) is 19.9 Å². The summed E-state index contributed by atoms with van der Waals surface area (Å²) in [5.74, 6) is 0.743. The molecule has 8 nitrogen and oxygen atoms in total. The molecule has 0 atom stereocenters. The summed E-state index contributed by atoms with van der Waals surface area (Å²) in [6.45, 7) is 4.64. The minimum absolute atomic E-state index is 0.242. The number of pyridine rings is 2. The molecular weight excluding hydrogens is 498 g/mol. The summed E-state index contributed by atoms with van der Waals surface area (Å²) in [4.78, 5) is 9.42. The Labute approximate surface area is 224 Å². The molecule has 4 aromatic heterocycles. The lowest BCUT2D eigenvalue weighted by Gasteiger charge is -2.13. The average Bonchev–Trinajstić information content (AvgIpc) is 3.51. The molecule has 0 amide bonds. The third-order valence-electron chi connectivity index (χ3n) is 6.76. The number of aryl methyl sites for hydroxylation is 1. The first kappa shape index (κ1) is 25.0. The van der Waals surface area contributed by atoms with E-state index in [0.29, 0.717) is 35.2 Å². The van der Waals surface area contributed by atoms with Crippen LogP contribution >= 0.6 is 0 Å². The lowest BCUT2D eigenvalue weighted by atomic mass is 9.98. The second-order valence-corrected chi connectivity index (χ2v) is 10.2. The molecule has 5 aromatic rings. The molecule has 0 aliphatic heterocycles. The zero-order valence-electron chi connectivity index (χ0n) is 21.9. The Morgan fingerprint density at radius 2 is 1.85 bits per heavy atom. The first-order valence-corrected chi connectivity index (χ1v) is 13.0. The molecule has 6 rings (SSSR count). The highest BCUT2D eigenvalue weighted by Crippen LogP contribution is 2.42. The van der Waals surface area contributed by atoms with Crippen molar-refractivity contribution >= 4 is 0 Å². The van der Waals surface area contributed by atoms with E-state index in [1.165, 1.54) is 18.2 Å². The molecule has 4 heterocycles. The van der Waals surface area contributed by atoms with Gasteiger partial charge < -0.3 is 9.88 Å². The van der Waals surface area contributed by atoms with E-state index >= 15 is 0 Å². The number of hydrogen-bond donors (Lipinski definition) is 1. The van der Waals surface area contributed by atoms with E-state index < -0.39 is 5.82 Å². The fourth-order valence-corrected chi connectivity index (χ4v) is 4.54. The molecule has 0 bridgehead atoms. The van der Waals surface area contributed by atoms with Gasteiger partial charge in [0.05, 0.1) is 11.9 Å². The van der Waals surface area contributed by atoms with Crippen molar-refractivity contribution in [3.05, 3.63) is 84.2 Å². The van der Waals surface area contributed by atoms with Gasteiger partial charge in [-0.25, -0.2) is 23.4 Å². The highest BCUT2D eigenvalue weighted by Gasteiger charge is 2.27. The highest BCUT2D eigenvalue weighted by atomic mass is 19.1.